The lowest BCUT2D eigenvalue weighted by atomic mass is 10.2. The Morgan fingerprint density at radius 1 is 1.50 bits per heavy atom. The van der Waals surface area contributed by atoms with Crippen LogP contribution in [0.4, 0.5) is 5.69 Å². The van der Waals surface area contributed by atoms with Gasteiger partial charge in [-0.05, 0) is 15.7 Å². The molecule has 4 heteroatoms. The van der Waals surface area contributed by atoms with Crippen molar-refractivity contribution in [1.82, 2.24) is 0 Å². The number of halogens is 1. The second kappa shape index (κ2) is 4.20. The number of nitro groups is 1. The Balaban J connectivity index is 3.03. The van der Waals surface area contributed by atoms with Gasteiger partial charge in [-0.25, -0.2) is 0 Å². The van der Waals surface area contributed by atoms with E-state index >= 15 is 0 Å². The molecule has 1 aromatic carbocycles. The molecule has 0 radical (unpaired) electrons. The molecule has 0 saturated carbocycles. The maximum absolute atomic E-state index is 10.3. The molecule has 0 atom stereocenters. The molecule has 1 rings (SSSR count). The van der Waals surface area contributed by atoms with Crippen molar-refractivity contribution < 1.29 is 4.92 Å². The summed E-state index contributed by atoms with van der Waals surface area (Å²) in [6, 6.07) is 6.51. The minimum absolute atomic E-state index is 0.127. The molecule has 3 nitrogen and oxygen atoms in total. The zero-order valence-corrected chi connectivity index (χ0v) is 8.26. The average Bonchev–Trinajstić information content (AvgIpc) is 2.05. The molecular formula is C8H6INO2. The first-order chi connectivity index (χ1) is 5.74. The molecule has 62 valence electrons. The number of benzene rings is 1. The topological polar surface area (TPSA) is 43.1 Å². The van der Waals surface area contributed by atoms with Crippen molar-refractivity contribution >= 4 is 34.4 Å². The highest BCUT2D eigenvalue weighted by molar-refractivity contribution is 14.1. The van der Waals surface area contributed by atoms with E-state index in [0.29, 0.717) is 0 Å². The fourth-order valence-electron chi connectivity index (χ4n) is 0.815. The van der Waals surface area contributed by atoms with E-state index in [2.05, 4.69) is 22.6 Å². The van der Waals surface area contributed by atoms with E-state index in [1.54, 1.807) is 6.07 Å². The van der Waals surface area contributed by atoms with Gasteiger partial charge in [0.2, 0.25) is 0 Å². The van der Waals surface area contributed by atoms with Crippen molar-refractivity contribution in [3.05, 3.63) is 44.0 Å². The molecule has 0 aliphatic carbocycles. The normalized spacial score (nSPS) is 10.4. The summed E-state index contributed by atoms with van der Waals surface area (Å²) in [5, 5.41) is 10.3. The zero-order valence-electron chi connectivity index (χ0n) is 6.11. The molecule has 0 fully saturated rings. The van der Waals surface area contributed by atoms with E-state index < -0.39 is 4.92 Å². The Morgan fingerprint density at radius 2 is 2.25 bits per heavy atom. The molecule has 0 amide bonds. The number of nitrogens with zero attached hydrogens (tertiary/aromatic N) is 1. The van der Waals surface area contributed by atoms with Crippen LogP contribution in [0.25, 0.3) is 6.08 Å². The smallest absolute Gasteiger partial charge is 0.258 e. The fraction of sp³-hybridized carbons (Fsp3) is 0. The minimum atomic E-state index is -0.398. The monoisotopic (exact) mass is 275 g/mol. The quantitative estimate of drug-likeness (QED) is 0.473. The van der Waals surface area contributed by atoms with Gasteiger partial charge in [0.25, 0.3) is 5.69 Å². The second-order valence-corrected chi connectivity index (χ2v) is 2.86. The maximum Gasteiger partial charge on any atom is 0.270 e. The lowest BCUT2D eigenvalue weighted by molar-refractivity contribution is -0.384. The van der Waals surface area contributed by atoms with E-state index in [1.807, 2.05) is 16.2 Å². The van der Waals surface area contributed by atoms with Crippen molar-refractivity contribution in [2.75, 3.05) is 0 Å². The van der Waals surface area contributed by atoms with Crippen LogP contribution in [-0.4, -0.2) is 4.92 Å². The number of non-ortho nitro benzene ring substituents is 1. The molecule has 0 unspecified atom stereocenters. The van der Waals surface area contributed by atoms with Crippen LogP contribution in [0.3, 0.4) is 0 Å². The van der Waals surface area contributed by atoms with Gasteiger partial charge in [-0.1, -0.05) is 34.7 Å². The Morgan fingerprint density at radius 3 is 2.83 bits per heavy atom. The Labute approximate surface area is 83.4 Å². The van der Waals surface area contributed by atoms with Gasteiger partial charge in [0.1, 0.15) is 0 Å². The minimum Gasteiger partial charge on any atom is -0.258 e. The predicted molar refractivity (Wildman–Crippen MR) is 56.2 cm³/mol. The number of hydrogen-bond acceptors (Lipinski definition) is 2. The van der Waals surface area contributed by atoms with Crippen molar-refractivity contribution in [3.63, 3.8) is 0 Å². The molecule has 0 aliphatic heterocycles. The first kappa shape index (κ1) is 9.18. The van der Waals surface area contributed by atoms with Gasteiger partial charge in [-0.3, -0.25) is 10.1 Å². The molecule has 0 saturated heterocycles. The van der Waals surface area contributed by atoms with Crippen LogP contribution in [0.2, 0.25) is 0 Å². The largest absolute Gasteiger partial charge is 0.270 e. The van der Waals surface area contributed by atoms with Crippen molar-refractivity contribution in [2.45, 2.75) is 0 Å². The number of hydrogen-bond donors (Lipinski definition) is 0. The standard InChI is InChI=1S/C8H6INO2/c9-5-4-7-2-1-3-8(6-7)10(11)12/h1-6H/b5-4+. The summed E-state index contributed by atoms with van der Waals surface area (Å²) in [5.41, 5.74) is 0.973. The van der Waals surface area contributed by atoms with E-state index in [-0.39, 0.29) is 5.69 Å². The van der Waals surface area contributed by atoms with Crippen LogP contribution in [0.5, 0.6) is 0 Å². The van der Waals surface area contributed by atoms with Gasteiger partial charge in [-0.2, -0.15) is 0 Å². The predicted octanol–water partition coefficient (Wildman–Crippen LogP) is 3.00. The molecule has 0 aromatic heterocycles. The SMILES string of the molecule is O=[N+]([O-])c1cccc(/C=C/I)c1. The average molecular weight is 275 g/mol. The van der Waals surface area contributed by atoms with Crippen LogP contribution in [0, 0.1) is 10.1 Å². The lowest BCUT2D eigenvalue weighted by Gasteiger charge is -1.92. The Kier molecular flexibility index (Phi) is 3.21. The zero-order chi connectivity index (χ0) is 8.97. The van der Waals surface area contributed by atoms with Gasteiger partial charge in [0.15, 0.2) is 0 Å². The first-order valence-corrected chi connectivity index (χ1v) is 4.50. The fourth-order valence-corrected chi connectivity index (χ4v) is 1.23. The van der Waals surface area contributed by atoms with Crippen LogP contribution < -0.4 is 0 Å². The van der Waals surface area contributed by atoms with Crippen molar-refractivity contribution in [3.8, 4) is 0 Å². The van der Waals surface area contributed by atoms with Crippen LogP contribution in [-0.2, 0) is 0 Å². The van der Waals surface area contributed by atoms with E-state index in [1.165, 1.54) is 12.1 Å². The highest BCUT2D eigenvalue weighted by Gasteiger charge is 2.02. The third-order valence-electron chi connectivity index (χ3n) is 1.34. The third kappa shape index (κ3) is 2.30. The maximum atomic E-state index is 10.3. The molecule has 0 bridgehead atoms. The molecule has 0 N–H and O–H groups in total. The van der Waals surface area contributed by atoms with Crippen LogP contribution in [0.1, 0.15) is 5.56 Å². The summed E-state index contributed by atoms with van der Waals surface area (Å²) in [6.07, 6.45) is 1.81. The van der Waals surface area contributed by atoms with Crippen LogP contribution in [0.15, 0.2) is 28.3 Å². The lowest BCUT2D eigenvalue weighted by Crippen LogP contribution is -1.87. The molecular weight excluding hydrogens is 269 g/mol. The van der Waals surface area contributed by atoms with Crippen molar-refractivity contribution in [1.29, 1.82) is 0 Å². The van der Waals surface area contributed by atoms with Gasteiger partial charge in [0, 0.05) is 12.1 Å². The van der Waals surface area contributed by atoms with Crippen LogP contribution >= 0.6 is 22.6 Å². The third-order valence-corrected chi connectivity index (χ3v) is 1.70. The Hall–Kier alpha value is -0.910. The van der Waals surface area contributed by atoms with Gasteiger partial charge >= 0.3 is 0 Å². The Bertz CT molecular complexity index is 323. The summed E-state index contributed by atoms with van der Waals surface area (Å²) < 4.78 is 1.82. The van der Waals surface area contributed by atoms with Gasteiger partial charge in [-0.15, -0.1) is 0 Å². The summed E-state index contributed by atoms with van der Waals surface area (Å²) in [4.78, 5) is 9.94. The van der Waals surface area contributed by atoms with Gasteiger partial charge < -0.3 is 0 Å². The summed E-state index contributed by atoms with van der Waals surface area (Å²) in [5.74, 6) is 0. The van der Waals surface area contributed by atoms with E-state index in [9.17, 15) is 10.1 Å². The molecule has 0 heterocycles. The number of nitro benzene ring substituents is 1. The summed E-state index contributed by atoms with van der Waals surface area (Å²) in [6.45, 7) is 0. The molecule has 0 spiro atoms. The summed E-state index contributed by atoms with van der Waals surface area (Å²) >= 11 is 2.07. The number of rotatable bonds is 2. The summed E-state index contributed by atoms with van der Waals surface area (Å²) in [7, 11) is 0. The highest BCUT2D eigenvalue weighted by Crippen LogP contribution is 2.14. The van der Waals surface area contributed by atoms with Crippen molar-refractivity contribution in [2.24, 2.45) is 0 Å². The molecule has 1 aromatic rings. The van der Waals surface area contributed by atoms with Gasteiger partial charge in [0.05, 0.1) is 4.92 Å². The highest BCUT2D eigenvalue weighted by atomic mass is 127. The van der Waals surface area contributed by atoms with E-state index in [0.717, 1.165) is 5.56 Å². The molecule has 0 aliphatic rings. The van der Waals surface area contributed by atoms with E-state index in [4.69, 9.17) is 0 Å². The first-order valence-electron chi connectivity index (χ1n) is 3.25. The second-order valence-electron chi connectivity index (χ2n) is 2.14. The molecule has 12 heavy (non-hydrogen) atoms.